The Balaban J connectivity index is 1.42. The average Bonchev–Trinajstić information content (AvgIpc) is 3.40. The number of aryl methyl sites for hydroxylation is 1. The molecule has 2 aromatic heterocycles. The van der Waals surface area contributed by atoms with Crippen LogP contribution in [0.15, 0.2) is 52.9 Å². The van der Waals surface area contributed by atoms with E-state index in [1.807, 2.05) is 36.4 Å². The molecule has 4 aromatic rings. The van der Waals surface area contributed by atoms with Crippen molar-refractivity contribution < 1.29 is 13.9 Å². The molecule has 6 nitrogen and oxygen atoms in total. The second-order valence-electron chi connectivity index (χ2n) is 7.88. The van der Waals surface area contributed by atoms with Gasteiger partial charge in [0.1, 0.15) is 5.58 Å². The average molecular weight is 436 g/mol. The molecule has 0 unspecified atom stereocenters. The predicted molar refractivity (Wildman–Crippen MR) is 124 cm³/mol. The Morgan fingerprint density at radius 3 is 2.84 bits per heavy atom. The van der Waals surface area contributed by atoms with Gasteiger partial charge in [-0.2, -0.15) is 0 Å². The summed E-state index contributed by atoms with van der Waals surface area (Å²) >= 11 is 1.55. The number of furan rings is 1. The Bertz CT molecular complexity index is 1180. The van der Waals surface area contributed by atoms with Crippen LogP contribution in [0.2, 0.25) is 0 Å². The van der Waals surface area contributed by atoms with Crippen LogP contribution in [-0.4, -0.2) is 55.2 Å². The number of amides is 1. The maximum atomic E-state index is 13.5. The first-order valence-corrected chi connectivity index (χ1v) is 11.5. The van der Waals surface area contributed by atoms with E-state index in [9.17, 15) is 4.79 Å². The summed E-state index contributed by atoms with van der Waals surface area (Å²) in [6.07, 6.45) is 0.862. The van der Waals surface area contributed by atoms with Crippen molar-refractivity contribution in [2.75, 3.05) is 44.3 Å². The lowest BCUT2D eigenvalue weighted by molar-refractivity contribution is 0.0376. The zero-order valence-electron chi connectivity index (χ0n) is 17.5. The van der Waals surface area contributed by atoms with E-state index in [0.717, 1.165) is 60.5 Å². The maximum absolute atomic E-state index is 13.5. The van der Waals surface area contributed by atoms with Crippen LogP contribution in [0.1, 0.15) is 22.5 Å². The monoisotopic (exact) mass is 435 g/mol. The minimum atomic E-state index is -0.144. The van der Waals surface area contributed by atoms with Crippen LogP contribution in [0.4, 0.5) is 5.13 Å². The van der Waals surface area contributed by atoms with Gasteiger partial charge in [-0.1, -0.05) is 35.6 Å². The highest BCUT2D eigenvalue weighted by molar-refractivity contribution is 7.22. The molecule has 0 bridgehead atoms. The summed E-state index contributed by atoms with van der Waals surface area (Å²) in [5.74, 6) is 0.206. The Kier molecular flexibility index (Phi) is 5.72. The molecular weight excluding hydrogens is 410 g/mol. The van der Waals surface area contributed by atoms with E-state index in [-0.39, 0.29) is 5.91 Å². The van der Waals surface area contributed by atoms with Crippen LogP contribution in [0.3, 0.4) is 0 Å². The number of rotatable bonds is 6. The molecule has 0 saturated carbocycles. The fourth-order valence-electron chi connectivity index (χ4n) is 3.92. The zero-order chi connectivity index (χ0) is 21.2. The van der Waals surface area contributed by atoms with Gasteiger partial charge in [-0.05, 0) is 43.2 Å². The minimum Gasteiger partial charge on any atom is -0.451 e. The van der Waals surface area contributed by atoms with Crippen LogP contribution in [0.25, 0.3) is 21.2 Å². The number of thiazole rings is 1. The molecule has 0 aliphatic carbocycles. The van der Waals surface area contributed by atoms with Gasteiger partial charge in [-0.15, -0.1) is 0 Å². The van der Waals surface area contributed by atoms with Gasteiger partial charge in [0.05, 0.1) is 23.4 Å². The number of nitrogens with zero attached hydrogens (tertiary/aromatic N) is 3. The summed E-state index contributed by atoms with van der Waals surface area (Å²) in [4.78, 5) is 22.4. The molecule has 1 saturated heterocycles. The van der Waals surface area contributed by atoms with E-state index in [2.05, 4.69) is 24.0 Å². The summed E-state index contributed by atoms with van der Waals surface area (Å²) in [5, 5.41) is 1.65. The molecule has 1 amide bonds. The molecule has 1 fully saturated rings. The number of hydrogen-bond donors (Lipinski definition) is 0. The molecule has 3 heterocycles. The highest BCUT2D eigenvalue weighted by Gasteiger charge is 2.24. The number of para-hydroxylation sites is 1. The quantitative estimate of drug-likeness (QED) is 0.439. The Morgan fingerprint density at radius 2 is 2.00 bits per heavy atom. The van der Waals surface area contributed by atoms with Gasteiger partial charge in [0.25, 0.3) is 5.91 Å². The summed E-state index contributed by atoms with van der Waals surface area (Å²) in [6, 6.07) is 15.7. The van der Waals surface area contributed by atoms with Crippen molar-refractivity contribution in [1.82, 2.24) is 9.88 Å². The minimum absolute atomic E-state index is 0.144. The third-order valence-corrected chi connectivity index (χ3v) is 6.65. The number of anilines is 1. The number of benzene rings is 2. The largest absolute Gasteiger partial charge is 0.451 e. The first-order valence-electron chi connectivity index (χ1n) is 10.7. The smallest absolute Gasteiger partial charge is 0.295 e. The van der Waals surface area contributed by atoms with Gasteiger partial charge < -0.3 is 9.15 Å². The van der Waals surface area contributed by atoms with Crippen LogP contribution >= 0.6 is 11.3 Å². The van der Waals surface area contributed by atoms with Gasteiger partial charge in [0.2, 0.25) is 0 Å². The van der Waals surface area contributed by atoms with E-state index in [4.69, 9.17) is 14.1 Å². The van der Waals surface area contributed by atoms with Crippen molar-refractivity contribution in [1.29, 1.82) is 0 Å². The molecule has 31 heavy (non-hydrogen) atoms. The third-order valence-electron chi connectivity index (χ3n) is 5.60. The number of fused-ring (bicyclic) bond motifs is 2. The Labute approximate surface area is 185 Å². The summed E-state index contributed by atoms with van der Waals surface area (Å²) in [7, 11) is 0. The van der Waals surface area contributed by atoms with Gasteiger partial charge in [0, 0.05) is 31.6 Å². The van der Waals surface area contributed by atoms with Crippen LogP contribution < -0.4 is 4.90 Å². The topological polar surface area (TPSA) is 58.8 Å². The predicted octanol–water partition coefficient (Wildman–Crippen LogP) is 4.72. The van der Waals surface area contributed by atoms with Gasteiger partial charge in [-0.3, -0.25) is 14.6 Å². The number of morpholine rings is 1. The van der Waals surface area contributed by atoms with Crippen molar-refractivity contribution in [2.24, 2.45) is 0 Å². The van der Waals surface area contributed by atoms with Gasteiger partial charge in [-0.25, -0.2) is 4.98 Å². The number of aromatic nitrogens is 1. The molecule has 1 aliphatic heterocycles. The second kappa shape index (κ2) is 8.78. The molecule has 2 aromatic carbocycles. The van der Waals surface area contributed by atoms with Crippen LogP contribution in [0.5, 0.6) is 0 Å². The van der Waals surface area contributed by atoms with E-state index in [1.54, 1.807) is 16.2 Å². The summed E-state index contributed by atoms with van der Waals surface area (Å²) < 4.78 is 12.4. The molecule has 1 aliphatic rings. The lowest BCUT2D eigenvalue weighted by atomic mass is 10.2. The number of hydrogen-bond acceptors (Lipinski definition) is 6. The summed E-state index contributed by atoms with van der Waals surface area (Å²) in [5.41, 5.74) is 2.82. The molecule has 5 rings (SSSR count). The number of carbonyl (C=O) groups is 1. The van der Waals surface area contributed by atoms with E-state index in [0.29, 0.717) is 17.4 Å². The first kappa shape index (κ1) is 20.2. The maximum Gasteiger partial charge on any atom is 0.295 e. The third kappa shape index (κ3) is 4.35. The lowest BCUT2D eigenvalue weighted by Crippen LogP contribution is -2.39. The number of ether oxygens (including phenoxy) is 1. The fraction of sp³-hybridized carbons (Fsp3) is 0.333. The van der Waals surface area contributed by atoms with E-state index in [1.165, 1.54) is 5.56 Å². The molecule has 7 heteroatoms. The highest BCUT2D eigenvalue weighted by Crippen LogP contribution is 2.31. The second-order valence-corrected chi connectivity index (χ2v) is 8.89. The normalized spacial score (nSPS) is 15.0. The first-order chi connectivity index (χ1) is 15.2. The van der Waals surface area contributed by atoms with Crippen LogP contribution in [0, 0.1) is 6.92 Å². The van der Waals surface area contributed by atoms with Crippen LogP contribution in [-0.2, 0) is 4.74 Å². The highest BCUT2D eigenvalue weighted by atomic mass is 32.1. The SMILES string of the molecule is Cc1ccc2nc(N(CCCN3CCOCC3)C(=O)c3cc4ccccc4o3)sc2c1. The Hall–Kier alpha value is -2.74. The number of carbonyl (C=O) groups excluding carboxylic acids is 1. The van der Waals surface area contributed by atoms with E-state index < -0.39 is 0 Å². The lowest BCUT2D eigenvalue weighted by Gasteiger charge is -2.27. The molecular formula is C24H25N3O3S. The molecule has 0 radical (unpaired) electrons. The van der Waals surface area contributed by atoms with Crippen molar-refractivity contribution in [2.45, 2.75) is 13.3 Å². The van der Waals surface area contributed by atoms with Gasteiger partial charge >= 0.3 is 0 Å². The van der Waals surface area contributed by atoms with Crippen molar-refractivity contribution in [3.8, 4) is 0 Å². The Morgan fingerprint density at radius 1 is 1.16 bits per heavy atom. The van der Waals surface area contributed by atoms with Gasteiger partial charge in [0.15, 0.2) is 10.9 Å². The summed E-state index contributed by atoms with van der Waals surface area (Å²) in [6.45, 7) is 7.02. The van der Waals surface area contributed by atoms with Crippen molar-refractivity contribution in [3.63, 3.8) is 0 Å². The zero-order valence-corrected chi connectivity index (χ0v) is 18.4. The van der Waals surface area contributed by atoms with Crippen molar-refractivity contribution >= 4 is 43.6 Å². The fourth-order valence-corrected chi connectivity index (χ4v) is 5.00. The standard InChI is InChI=1S/C24H25N3O3S/c1-17-7-8-19-22(15-17)31-24(25-19)27(10-4-9-26-11-13-29-14-12-26)23(28)21-16-18-5-2-3-6-20(18)30-21/h2-3,5-8,15-16H,4,9-14H2,1H3. The molecule has 0 atom stereocenters. The molecule has 0 N–H and O–H groups in total. The van der Waals surface area contributed by atoms with E-state index >= 15 is 0 Å². The molecule has 0 spiro atoms. The molecule has 160 valence electrons. The van der Waals surface area contributed by atoms with Crippen molar-refractivity contribution in [3.05, 3.63) is 59.9 Å².